The van der Waals surface area contributed by atoms with Crippen LogP contribution in [0.15, 0.2) is 70.8 Å². The Morgan fingerprint density at radius 3 is 0.680 bits per heavy atom. The monoisotopic (exact) mass is 1100 g/mol. The number of ether oxygens (including phenoxy) is 8. The van der Waals surface area contributed by atoms with E-state index < -0.39 is 0 Å². The average Bonchev–Trinajstić information content (AvgIpc) is 4.19. The topological polar surface area (TPSA) is 183 Å². The second-order valence-electron chi connectivity index (χ2n) is 17.4. The molecule has 3 aromatic heterocycles. The second-order valence-corrected chi connectivity index (χ2v) is 17.4. The SMILES string of the molecule is CCOc1ccc(OCC)c2c1-c1nc-2nc2[nH]c(nc3nc(nc4[nH]c(n1)c1c(OCC)ccc(OCC)c41)-c1c(OCC)ccc(OCC)c1-3)c1c(OCC)ccc(OCC)c21.C[C]1C(C)=C(C)C(C)=C1C.[Ru]. The molecule has 0 amide bonds. The molecule has 4 aromatic carbocycles. The third-order valence-electron chi connectivity index (χ3n) is 13.3. The molecule has 0 unspecified atom stereocenters. The molecule has 0 spiro atoms. The summed E-state index contributed by atoms with van der Waals surface area (Å²) < 4.78 is 50.3. The van der Waals surface area contributed by atoms with Crippen LogP contribution in [0.3, 0.4) is 0 Å². The minimum Gasteiger partial charge on any atom is -0.493 e. The second kappa shape index (κ2) is 23.1. The van der Waals surface area contributed by atoms with Crippen LogP contribution in [-0.2, 0) is 19.5 Å². The molecule has 3 aliphatic rings. The van der Waals surface area contributed by atoms with Gasteiger partial charge in [-0.2, -0.15) is 0 Å². The van der Waals surface area contributed by atoms with Crippen molar-refractivity contribution in [3.63, 3.8) is 0 Å². The summed E-state index contributed by atoms with van der Waals surface area (Å²) >= 11 is 0. The van der Waals surface area contributed by atoms with Crippen molar-refractivity contribution in [1.82, 2.24) is 39.9 Å². The molecule has 2 N–H and O–H groups in total. The van der Waals surface area contributed by atoms with Crippen molar-refractivity contribution in [2.45, 2.75) is 90.0 Å². The number of aromatic nitrogens is 8. The fourth-order valence-electron chi connectivity index (χ4n) is 9.68. The number of hydrogen-bond acceptors (Lipinski definition) is 14. The first-order valence-electron chi connectivity index (χ1n) is 25.7. The van der Waals surface area contributed by atoms with Crippen molar-refractivity contribution in [2.24, 2.45) is 0 Å². The maximum Gasteiger partial charge on any atom is 0.168 e. The summed E-state index contributed by atoms with van der Waals surface area (Å²) in [6, 6.07) is 15.0. The number of rotatable bonds is 16. The van der Waals surface area contributed by atoms with E-state index in [1.165, 1.54) is 28.2 Å². The Kier molecular flexibility index (Phi) is 16.6. The van der Waals surface area contributed by atoms with Gasteiger partial charge in [0.1, 0.15) is 68.6 Å². The van der Waals surface area contributed by atoms with Gasteiger partial charge in [-0.15, -0.1) is 0 Å². The Hall–Kier alpha value is -7.26. The smallest absolute Gasteiger partial charge is 0.168 e. The van der Waals surface area contributed by atoms with Crippen molar-refractivity contribution >= 4 is 44.1 Å². The van der Waals surface area contributed by atoms with E-state index in [2.05, 4.69) is 44.6 Å². The third kappa shape index (κ3) is 9.83. The van der Waals surface area contributed by atoms with Gasteiger partial charge < -0.3 is 47.9 Å². The number of benzene rings is 4. The Labute approximate surface area is 450 Å². The zero-order chi connectivity index (χ0) is 52.4. The normalized spacial score (nSPS) is 12.8. The Bertz CT molecular complexity index is 3120. The first-order chi connectivity index (χ1) is 35.9. The molecule has 8 bridgehead atoms. The van der Waals surface area contributed by atoms with Crippen LogP contribution in [0.5, 0.6) is 46.0 Å². The molecule has 5 heterocycles. The molecular formula is C58H65N8O8Ru. The molecule has 1 radical (unpaired) electrons. The molecule has 0 saturated carbocycles. The first-order valence-corrected chi connectivity index (χ1v) is 25.7. The van der Waals surface area contributed by atoms with Crippen molar-refractivity contribution in [3.05, 3.63) is 76.7 Å². The molecule has 17 heteroatoms. The van der Waals surface area contributed by atoms with E-state index in [9.17, 15) is 0 Å². The summed E-state index contributed by atoms with van der Waals surface area (Å²) in [5.74, 6) is 7.27. The quantitative estimate of drug-likeness (QED) is 0.0872. The van der Waals surface area contributed by atoms with E-state index in [1.807, 2.05) is 104 Å². The Balaban J connectivity index is 0.000000610. The number of hydrogen-bond donors (Lipinski definition) is 2. The fraction of sp³-hybridized carbons (Fsp3) is 0.362. The van der Waals surface area contributed by atoms with Gasteiger partial charge in [-0.1, -0.05) is 18.1 Å². The van der Waals surface area contributed by atoms with E-state index >= 15 is 0 Å². The molecular weight excluding hydrogens is 1040 g/mol. The summed E-state index contributed by atoms with van der Waals surface area (Å²) in [4.78, 5) is 38.7. The van der Waals surface area contributed by atoms with Crippen LogP contribution in [0, 0.1) is 5.92 Å². The van der Waals surface area contributed by atoms with E-state index in [0.29, 0.717) is 189 Å². The van der Waals surface area contributed by atoms with Crippen LogP contribution < -0.4 is 37.9 Å². The minimum atomic E-state index is 0. The number of allylic oxidation sites excluding steroid dienone is 4. The van der Waals surface area contributed by atoms with Gasteiger partial charge >= 0.3 is 0 Å². The Morgan fingerprint density at radius 1 is 0.293 bits per heavy atom. The molecule has 75 heavy (non-hydrogen) atoms. The van der Waals surface area contributed by atoms with Crippen LogP contribution in [0.1, 0.15) is 90.0 Å². The van der Waals surface area contributed by atoms with Gasteiger partial charge in [0.25, 0.3) is 0 Å². The molecule has 2 aliphatic heterocycles. The van der Waals surface area contributed by atoms with Crippen molar-refractivity contribution < 1.29 is 57.4 Å². The van der Waals surface area contributed by atoms with Gasteiger partial charge in [0.2, 0.25) is 0 Å². The molecule has 16 nitrogen and oxygen atoms in total. The summed E-state index contributed by atoms with van der Waals surface area (Å²) in [7, 11) is 0. The van der Waals surface area contributed by atoms with E-state index in [0.717, 1.165) is 0 Å². The van der Waals surface area contributed by atoms with Crippen LogP contribution in [0.2, 0.25) is 0 Å². The van der Waals surface area contributed by atoms with Crippen molar-refractivity contribution in [1.29, 1.82) is 0 Å². The predicted octanol–water partition coefficient (Wildman–Crippen LogP) is 13.3. The van der Waals surface area contributed by atoms with Gasteiger partial charge in [-0.05, 0) is 143 Å². The minimum absolute atomic E-state index is 0. The van der Waals surface area contributed by atoms with Gasteiger partial charge in [0.15, 0.2) is 23.3 Å². The van der Waals surface area contributed by atoms with Gasteiger partial charge in [0, 0.05) is 25.4 Å². The van der Waals surface area contributed by atoms with Crippen LogP contribution in [0.4, 0.5) is 0 Å². The van der Waals surface area contributed by atoms with Crippen LogP contribution >= 0.6 is 0 Å². The zero-order valence-electron chi connectivity index (χ0n) is 45.1. The first kappa shape index (κ1) is 54.0. The molecule has 393 valence electrons. The average molecular weight is 1100 g/mol. The number of H-pyrrole nitrogens is 2. The predicted molar refractivity (Wildman–Crippen MR) is 291 cm³/mol. The summed E-state index contributed by atoms with van der Waals surface area (Å²) in [6.07, 6.45) is 0. The Morgan fingerprint density at radius 2 is 0.493 bits per heavy atom. The van der Waals surface area contributed by atoms with Gasteiger partial charge in [-0.3, -0.25) is 0 Å². The number of fused-ring (bicyclic) bond motifs is 20. The van der Waals surface area contributed by atoms with Crippen LogP contribution in [-0.4, -0.2) is 92.7 Å². The molecule has 0 fully saturated rings. The molecule has 10 rings (SSSR count). The zero-order valence-corrected chi connectivity index (χ0v) is 46.8. The number of nitrogens with zero attached hydrogens (tertiary/aromatic N) is 6. The van der Waals surface area contributed by atoms with E-state index in [-0.39, 0.29) is 19.5 Å². The molecule has 7 aromatic rings. The summed E-state index contributed by atoms with van der Waals surface area (Å²) in [6.45, 7) is 29.6. The largest absolute Gasteiger partial charge is 0.493 e. The van der Waals surface area contributed by atoms with Crippen molar-refractivity contribution in [2.75, 3.05) is 52.9 Å². The fourth-order valence-corrected chi connectivity index (χ4v) is 9.68. The third-order valence-corrected chi connectivity index (χ3v) is 13.3. The van der Waals surface area contributed by atoms with Crippen LogP contribution in [0.25, 0.3) is 89.7 Å². The summed E-state index contributed by atoms with van der Waals surface area (Å²) in [5, 5.41) is 2.54. The maximum atomic E-state index is 6.29. The molecule has 1 aliphatic carbocycles. The van der Waals surface area contributed by atoms with E-state index in [4.69, 9.17) is 67.8 Å². The van der Waals surface area contributed by atoms with Gasteiger partial charge in [0.05, 0.1) is 96.7 Å². The number of nitrogens with one attached hydrogen (secondary N) is 2. The number of aromatic amines is 2. The molecule has 0 saturated heterocycles. The van der Waals surface area contributed by atoms with Gasteiger partial charge in [-0.25, -0.2) is 29.9 Å². The molecule has 0 atom stereocenters. The van der Waals surface area contributed by atoms with E-state index in [1.54, 1.807) is 0 Å². The maximum absolute atomic E-state index is 6.29. The summed E-state index contributed by atoms with van der Waals surface area (Å²) in [5.41, 5.74) is 9.94. The van der Waals surface area contributed by atoms with Crippen molar-refractivity contribution in [3.8, 4) is 91.5 Å². The standard InChI is InChI=1S/C48H50N8O8.C10H15.Ru/c1-9-57-25-17-18-26(58-10-2)34-33(25)41-49-42(34)54-44-37-29(61-13-5)21-22-30(62-14-6)38(37)46(51-44)56-48-40-32(64-16-8)24-23-31(63-15-7)39(40)47(52-48)55-45-36-28(60-12-4)20-19-27(59-11-3)35(36)43(50-45)53-41;1-6-7(2)9(4)10(5)8(6)3;/h17-24H,9-16H2,1-8H3,(H2,49,50,51,52,53,54,55,56);1-5H3;.